The lowest BCUT2D eigenvalue weighted by molar-refractivity contribution is 0.297. The smallest absolute Gasteiger partial charge is 0.120 e. The van der Waals surface area contributed by atoms with E-state index in [1.165, 1.54) is 32.1 Å². The predicted octanol–water partition coefficient (Wildman–Crippen LogP) is 7.38. The fourth-order valence-electron chi connectivity index (χ4n) is 3.32. The van der Waals surface area contributed by atoms with Crippen molar-refractivity contribution in [2.45, 2.75) is 52.1 Å². The Bertz CT molecular complexity index is 852. The molecule has 0 saturated heterocycles. The molecular formula is C27H32O3. The molecule has 0 atom stereocenters. The van der Waals surface area contributed by atoms with Crippen LogP contribution in [0.15, 0.2) is 72.8 Å². The summed E-state index contributed by atoms with van der Waals surface area (Å²) in [4.78, 5) is 0. The Hall–Kier alpha value is -2.94. The zero-order chi connectivity index (χ0) is 21.0. The number of phenolic OH excluding ortho intramolecular Hbond substituents is 1. The maximum absolute atomic E-state index is 9.41. The van der Waals surface area contributed by atoms with Crippen LogP contribution in [0.3, 0.4) is 0 Å². The molecule has 0 fully saturated rings. The first-order valence-electron chi connectivity index (χ1n) is 11.0. The van der Waals surface area contributed by atoms with E-state index in [0.29, 0.717) is 6.61 Å². The third kappa shape index (κ3) is 7.14. The van der Waals surface area contributed by atoms with E-state index >= 15 is 0 Å². The summed E-state index contributed by atoms with van der Waals surface area (Å²) < 4.78 is 11.7. The first-order valence-corrected chi connectivity index (χ1v) is 11.0. The molecule has 3 aromatic carbocycles. The van der Waals surface area contributed by atoms with Crippen LogP contribution >= 0.6 is 0 Å². The lowest BCUT2D eigenvalue weighted by atomic mass is 10.0. The van der Waals surface area contributed by atoms with Gasteiger partial charge in [-0.15, -0.1) is 0 Å². The maximum atomic E-state index is 9.41. The van der Waals surface area contributed by atoms with Crippen molar-refractivity contribution in [3.8, 4) is 28.4 Å². The van der Waals surface area contributed by atoms with Gasteiger partial charge in [0.15, 0.2) is 0 Å². The third-order valence-electron chi connectivity index (χ3n) is 5.15. The Morgan fingerprint density at radius 1 is 0.600 bits per heavy atom. The Balaban J connectivity index is 1.40. The molecule has 3 heteroatoms. The molecule has 0 aromatic heterocycles. The zero-order valence-corrected chi connectivity index (χ0v) is 17.8. The third-order valence-corrected chi connectivity index (χ3v) is 5.15. The molecule has 0 amide bonds. The van der Waals surface area contributed by atoms with Gasteiger partial charge in [-0.25, -0.2) is 0 Å². The number of rotatable bonds is 12. The number of aromatic hydroxyl groups is 1. The SMILES string of the molecule is CCCCCCCCOc1ccc(OCc2ccc(-c3ccc(O)cc3)cc2)cc1. The van der Waals surface area contributed by atoms with Crippen molar-refractivity contribution in [2.24, 2.45) is 0 Å². The zero-order valence-electron chi connectivity index (χ0n) is 17.8. The van der Waals surface area contributed by atoms with Crippen molar-refractivity contribution in [2.75, 3.05) is 6.61 Å². The van der Waals surface area contributed by atoms with Crippen LogP contribution in [0.5, 0.6) is 17.2 Å². The summed E-state index contributed by atoms with van der Waals surface area (Å²) >= 11 is 0. The minimum Gasteiger partial charge on any atom is -0.508 e. The average Bonchev–Trinajstić information content (AvgIpc) is 2.79. The molecule has 0 saturated carbocycles. The van der Waals surface area contributed by atoms with E-state index in [-0.39, 0.29) is 5.75 Å². The minimum atomic E-state index is 0.280. The molecule has 0 bridgehead atoms. The first kappa shape index (κ1) is 21.8. The first-order chi connectivity index (χ1) is 14.7. The molecule has 0 aliphatic heterocycles. The van der Waals surface area contributed by atoms with E-state index in [0.717, 1.165) is 41.2 Å². The van der Waals surface area contributed by atoms with E-state index < -0.39 is 0 Å². The molecule has 3 aromatic rings. The summed E-state index contributed by atoms with van der Waals surface area (Å²) in [6.45, 7) is 3.54. The van der Waals surface area contributed by atoms with Gasteiger partial charge < -0.3 is 14.6 Å². The van der Waals surface area contributed by atoms with E-state index in [4.69, 9.17) is 9.47 Å². The predicted molar refractivity (Wildman–Crippen MR) is 123 cm³/mol. The van der Waals surface area contributed by atoms with E-state index in [9.17, 15) is 5.11 Å². The molecule has 30 heavy (non-hydrogen) atoms. The second-order valence-corrected chi connectivity index (χ2v) is 7.62. The van der Waals surface area contributed by atoms with Crippen LogP contribution in [0.2, 0.25) is 0 Å². The van der Waals surface area contributed by atoms with Gasteiger partial charge >= 0.3 is 0 Å². The number of unbranched alkanes of at least 4 members (excludes halogenated alkanes) is 5. The summed E-state index contributed by atoms with van der Waals surface area (Å²) in [5.41, 5.74) is 3.31. The maximum Gasteiger partial charge on any atom is 0.120 e. The van der Waals surface area contributed by atoms with Crippen LogP contribution in [0, 0.1) is 0 Å². The van der Waals surface area contributed by atoms with Gasteiger partial charge in [-0.1, -0.05) is 75.4 Å². The van der Waals surface area contributed by atoms with Gasteiger partial charge in [-0.2, -0.15) is 0 Å². The number of phenols is 1. The van der Waals surface area contributed by atoms with Gasteiger partial charge in [-0.3, -0.25) is 0 Å². The fraction of sp³-hybridized carbons (Fsp3) is 0.333. The summed E-state index contributed by atoms with van der Waals surface area (Å²) in [5, 5.41) is 9.41. The monoisotopic (exact) mass is 404 g/mol. The Kier molecular flexibility index (Phi) is 8.64. The van der Waals surface area contributed by atoms with Gasteiger partial charge in [-0.05, 0) is 59.5 Å². The number of benzene rings is 3. The molecule has 158 valence electrons. The summed E-state index contributed by atoms with van der Waals surface area (Å²) in [5.74, 6) is 2.02. The summed E-state index contributed by atoms with van der Waals surface area (Å²) in [6.07, 6.45) is 7.62. The summed E-state index contributed by atoms with van der Waals surface area (Å²) in [7, 11) is 0. The van der Waals surface area contributed by atoms with Crippen LogP contribution in [-0.4, -0.2) is 11.7 Å². The highest BCUT2D eigenvalue weighted by Crippen LogP contribution is 2.23. The Morgan fingerprint density at radius 2 is 1.13 bits per heavy atom. The second kappa shape index (κ2) is 11.9. The summed E-state index contributed by atoms with van der Waals surface area (Å²) in [6, 6.07) is 23.4. The van der Waals surface area contributed by atoms with E-state index in [2.05, 4.69) is 31.2 Å². The minimum absolute atomic E-state index is 0.280. The van der Waals surface area contributed by atoms with Gasteiger partial charge in [0, 0.05) is 0 Å². The molecule has 0 radical (unpaired) electrons. The van der Waals surface area contributed by atoms with Crippen LogP contribution in [0.4, 0.5) is 0 Å². The van der Waals surface area contributed by atoms with Crippen LogP contribution in [0.1, 0.15) is 51.0 Å². The fourth-order valence-corrected chi connectivity index (χ4v) is 3.32. The average molecular weight is 405 g/mol. The molecule has 0 spiro atoms. The lowest BCUT2D eigenvalue weighted by Crippen LogP contribution is -1.98. The highest BCUT2D eigenvalue weighted by Gasteiger charge is 2.01. The molecule has 3 nitrogen and oxygen atoms in total. The van der Waals surface area contributed by atoms with Gasteiger partial charge in [0.1, 0.15) is 23.9 Å². The van der Waals surface area contributed by atoms with Crippen LogP contribution in [0.25, 0.3) is 11.1 Å². The van der Waals surface area contributed by atoms with E-state index in [1.807, 2.05) is 36.4 Å². The standard InChI is InChI=1S/C27H32O3/c1-2-3-4-5-6-7-20-29-26-16-18-27(19-17-26)30-21-22-8-10-23(11-9-22)24-12-14-25(28)15-13-24/h8-19,28H,2-7,20-21H2,1H3. The number of hydrogen-bond acceptors (Lipinski definition) is 3. The highest BCUT2D eigenvalue weighted by molar-refractivity contribution is 5.64. The topological polar surface area (TPSA) is 38.7 Å². The van der Waals surface area contributed by atoms with Crippen LogP contribution in [-0.2, 0) is 6.61 Å². The van der Waals surface area contributed by atoms with Crippen molar-refractivity contribution in [3.63, 3.8) is 0 Å². The molecular weight excluding hydrogens is 372 g/mol. The molecule has 0 heterocycles. The molecule has 1 N–H and O–H groups in total. The Morgan fingerprint density at radius 3 is 1.77 bits per heavy atom. The second-order valence-electron chi connectivity index (χ2n) is 7.62. The van der Waals surface area contributed by atoms with Crippen molar-refractivity contribution in [3.05, 3.63) is 78.4 Å². The van der Waals surface area contributed by atoms with Crippen LogP contribution < -0.4 is 9.47 Å². The van der Waals surface area contributed by atoms with Crippen molar-refractivity contribution < 1.29 is 14.6 Å². The molecule has 0 aliphatic carbocycles. The van der Waals surface area contributed by atoms with Gasteiger partial charge in [0.2, 0.25) is 0 Å². The molecule has 0 aliphatic rings. The van der Waals surface area contributed by atoms with E-state index in [1.54, 1.807) is 12.1 Å². The number of ether oxygens (including phenoxy) is 2. The largest absolute Gasteiger partial charge is 0.508 e. The lowest BCUT2D eigenvalue weighted by Gasteiger charge is -2.09. The molecule has 0 unspecified atom stereocenters. The van der Waals surface area contributed by atoms with Gasteiger partial charge in [0.25, 0.3) is 0 Å². The van der Waals surface area contributed by atoms with Gasteiger partial charge in [0.05, 0.1) is 6.61 Å². The van der Waals surface area contributed by atoms with Crippen molar-refractivity contribution in [1.82, 2.24) is 0 Å². The number of hydrogen-bond donors (Lipinski definition) is 1. The quantitative estimate of drug-likeness (QED) is 0.320. The Labute approximate surface area is 180 Å². The van der Waals surface area contributed by atoms with Crippen molar-refractivity contribution in [1.29, 1.82) is 0 Å². The van der Waals surface area contributed by atoms with Crippen molar-refractivity contribution >= 4 is 0 Å². The normalized spacial score (nSPS) is 10.7. The molecule has 3 rings (SSSR count). The highest BCUT2D eigenvalue weighted by atomic mass is 16.5.